The maximum absolute atomic E-state index is 12.8. The molecule has 7 nitrogen and oxygen atoms in total. The van der Waals surface area contributed by atoms with Crippen molar-refractivity contribution in [2.45, 2.75) is 33.2 Å². The molecule has 3 heterocycles. The number of amides is 1. The summed E-state index contributed by atoms with van der Waals surface area (Å²) in [6, 6.07) is 11.7. The zero-order valence-corrected chi connectivity index (χ0v) is 15.7. The Morgan fingerprint density at radius 2 is 1.85 bits per heavy atom. The first kappa shape index (κ1) is 17.5. The van der Waals surface area contributed by atoms with Gasteiger partial charge >= 0.3 is 0 Å². The monoisotopic (exact) mass is 364 g/mol. The van der Waals surface area contributed by atoms with E-state index in [9.17, 15) is 4.79 Å². The minimum atomic E-state index is -0.0401. The van der Waals surface area contributed by atoms with Crippen LogP contribution in [0.1, 0.15) is 34.7 Å². The lowest BCUT2D eigenvalue weighted by atomic mass is 9.96. The fourth-order valence-electron chi connectivity index (χ4n) is 3.63. The van der Waals surface area contributed by atoms with Crippen LogP contribution in [0.25, 0.3) is 5.69 Å². The van der Waals surface area contributed by atoms with Gasteiger partial charge in [-0.25, -0.2) is 0 Å². The summed E-state index contributed by atoms with van der Waals surface area (Å²) < 4.78 is 2.09. The van der Waals surface area contributed by atoms with Crippen molar-refractivity contribution in [3.05, 3.63) is 59.7 Å². The molecule has 0 spiro atoms. The first-order valence-electron chi connectivity index (χ1n) is 9.38. The van der Waals surface area contributed by atoms with E-state index >= 15 is 0 Å². The van der Waals surface area contributed by atoms with Crippen molar-refractivity contribution in [2.75, 3.05) is 13.1 Å². The lowest BCUT2D eigenvalue weighted by Crippen LogP contribution is -2.39. The summed E-state index contributed by atoms with van der Waals surface area (Å²) in [6.07, 6.45) is 3.52. The van der Waals surface area contributed by atoms with Crippen molar-refractivity contribution < 1.29 is 4.79 Å². The number of piperidine rings is 1. The zero-order valence-electron chi connectivity index (χ0n) is 15.7. The van der Waals surface area contributed by atoms with Gasteiger partial charge in [-0.3, -0.25) is 9.48 Å². The van der Waals surface area contributed by atoms with Crippen LogP contribution in [-0.2, 0) is 6.54 Å². The predicted octanol–water partition coefficient (Wildman–Crippen LogP) is 2.63. The minimum Gasteiger partial charge on any atom is -0.337 e. The lowest BCUT2D eigenvalue weighted by Gasteiger charge is -2.31. The molecular formula is C20H24N6O. The Balaban J connectivity index is 1.36. The number of nitrogens with zero attached hydrogens (tertiary/aromatic N) is 6. The Bertz CT molecular complexity index is 921. The van der Waals surface area contributed by atoms with Gasteiger partial charge < -0.3 is 4.90 Å². The van der Waals surface area contributed by atoms with Crippen LogP contribution in [0, 0.1) is 19.8 Å². The van der Waals surface area contributed by atoms with E-state index in [0.717, 1.165) is 43.9 Å². The molecule has 0 radical (unpaired) electrons. The topological polar surface area (TPSA) is 68.8 Å². The van der Waals surface area contributed by atoms with E-state index in [0.29, 0.717) is 11.6 Å². The number of rotatable bonds is 4. The fraction of sp³-hybridized carbons (Fsp3) is 0.400. The van der Waals surface area contributed by atoms with Crippen LogP contribution in [-0.4, -0.2) is 48.7 Å². The van der Waals surface area contributed by atoms with Gasteiger partial charge in [-0.05, 0) is 50.8 Å². The van der Waals surface area contributed by atoms with E-state index in [4.69, 9.17) is 0 Å². The van der Waals surface area contributed by atoms with Gasteiger partial charge in [-0.2, -0.15) is 15.0 Å². The van der Waals surface area contributed by atoms with Gasteiger partial charge in [0, 0.05) is 25.3 Å². The normalized spacial score (nSPS) is 15.3. The van der Waals surface area contributed by atoms with Gasteiger partial charge in [-0.15, -0.1) is 5.10 Å². The quantitative estimate of drug-likeness (QED) is 0.714. The van der Waals surface area contributed by atoms with Crippen LogP contribution in [0.4, 0.5) is 0 Å². The molecule has 0 unspecified atom stereocenters. The molecule has 27 heavy (non-hydrogen) atoms. The zero-order chi connectivity index (χ0) is 18.8. The Labute approximate surface area is 158 Å². The number of carbonyl (C=O) groups is 1. The largest absolute Gasteiger partial charge is 0.337 e. The molecule has 7 heteroatoms. The summed E-state index contributed by atoms with van der Waals surface area (Å²) in [4.78, 5) is 16.1. The molecule has 0 atom stereocenters. The van der Waals surface area contributed by atoms with Crippen LogP contribution in [0.2, 0.25) is 0 Å². The molecule has 1 fully saturated rings. The number of aromatic nitrogens is 5. The Kier molecular flexibility index (Phi) is 4.75. The number of hydrogen-bond donors (Lipinski definition) is 0. The lowest BCUT2D eigenvalue weighted by molar-refractivity contribution is 0.0674. The van der Waals surface area contributed by atoms with Gasteiger partial charge in [0.2, 0.25) is 0 Å². The van der Waals surface area contributed by atoms with Crippen LogP contribution >= 0.6 is 0 Å². The molecule has 2 aromatic heterocycles. The van der Waals surface area contributed by atoms with E-state index in [1.807, 2.05) is 42.2 Å². The standard InChI is InChI=1S/C20H24N6O/c1-15-12-16(2)25(22-15)14-17-8-10-24(11-9-17)20(27)19-13-21-26(23-19)18-6-4-3-5-7-18/h3-7,12-13,17H,8-11,14H2,1-2H3. The van der Waals surface area contributed by atoms with E-state index in [1.54, 1.807) is 6.20 Å². The molecule has 0 aliphatic carbocycles. The number of hydrogen-bond acceptors (Lipinski definition) is 4. The van der Waals surface area contributed by atoms with E-state index in [2.05, 4.69) is 33.0 Å². The average molecular weight is 364 g/mol. The highest BCUT2D eigenvalue weighted by atomic mass is 16.2. The second-order valence-electron chi connectivity index (χ2n) is 7.20. The van der Waals surface area contributed by atoms with Crippen molar-refractivity contribution in [1.82, 2.24) is 29.7 Å². The van der Waals surface area contributed by atoms with Crippen LogP contribution in [0.3, 0.4) is 0 Å². The molecular weight excluding hydrogens is 340 g/mol. The maximum Gasteiger partial charge on any atom is 0.276 e. The summed E-state index contributed by atoms with van der Waals surface area (Å²) in [6.45, 7) is 6.54. The highest BCUT2D eigenvalue weighted by Crippen LogP contribution is 2.21. The van der Waals surface area contributed by atoms with Crippen molar-refractivity contribution >= 4 is 5.91 Å². The molecule has 1 saturated heterocycles. The third-order valence-electron chi connectivity index (χ3n) is 5.13. The summed E-state index contributed by atoms with van der Waals surface area (Å²) in [5.74, 6) is 0.508. The first-order chi connectivity index (χ1) is 13.1. The van der Waals surface area contributed by atoms with Gasteiger partial charge in [0.1, 0.15) is 0 Å². The smallest absolute Gasteiger partial charge is 0.276 e. The Morgan fingerprint density at radius 1 is 1.11 bits per heavy atom. The first-order valence-corrected chi connectivity index (χ1v) is 9.38. The maximum atomic E-state index is 12.8. The van der Waals surface area contributed by atoms with E-state index in [1.165, 1.54) is 10.5 Å². The van der Waals surface area contributed by atoms with Crippen molar-refractivity contribution in [2.24, 2.45) is 5.92 Å². The van der Waals surface area contributed by atoms with Gasteiger partial charge in [0.05, 0.1) is 17.6 Å². The highest BCUT2D eigenvalue weighted by Gasteiger charge is 2.26. The predicted molar refractivity (Wildman–Crippen MR) is 102 cm³/mol. The summed E-state index contributed by atoms with van der Waals surface area (Å²) >= 11 is 0. The third kappa shape index (κ3) is 3.77. The van der Waals surface area contributed by atoms with Crippen molar-refractivity contribution in [3.63, 3.8) is 0 Å². The molecule has 4 rings (SSSR count). The van der Waals surface area contributed by atoms with Gasteiger partial charge in [0.15, 0.2) is 5.69 Å². The molecule has 1 aromatic carbocycles. The summed E-state index contributed by atoms with van der Waals surface area (Å²) in [5, 5.41) is 13.1. The molecule has 140 valence electrons. The molecule has 1 aliphatic heterocycles. The number of likely N-dealkylation sites (tertiary alicyclic amines) is 1. The SMILES string of the molecule is Cc1cc(C)n(CC2CCN(C(=O)c3cnn(-c4ccccc4)n3)CC2)n1. The van der Waals surface area contributed by atoms with Crippen LogP contribution in [0.5, 0.6) is 0 Å². The van der Waals surface area contributed by atoms with Crippen LogP contribution < -0.4 is 0 Å². The molecule has 1 aliphatic rings. The Hall–Kier alpha value is -2.96. The number of carbonyl (C=O) groups excluding carboxylic acids is 1. The number of aryl methyl sites for hydroxylation is 2. The molecule has 0 bridgehead atoms. The average Bonchev–Trinajstić information content (AvgIpc) is 3.29. The highest BCUT2D eigenvalue weighted by molar-refractivity contribution is 5.92. The molecule has 3 aromatic rings. The number of para-hydroxylation sites is 1. The van der Waals surface area contributed by atoms with Crippen LogP contribution in [0.15, 0.2) is 42.6 Å². The molecule has 0 saturated carbocycles. The van der Waals surface area contributed by atoms with Gasteiger partial charge in [-0.1, -0.05) is 18.2 Å². The molecule has 1 amide bonds. The van der Waals surface area contributed by atoms with Crippen molar-refractivity contribution in [1.29, 1.82) is 0 Å². The third-order valence-corrected chi connectivity index (χ3v) is 5.13. The van der Waals surface area contributed by atoms with Gasteiger partial charge in [0.25, 0.3) is 5.91 Å². The Morgan fingerprint density at radius 3 is 2.52 bits per heavy atom. The second-order valence-corrected chi connectivity index (χ2v) is 7.20. The number of benzene rings is 1. The van der Waals surface area contributed by atoms with E-state index < -0.39 is 0 Å². The van der Waals surface area contributed by atoms with Crippen molar-refractivity contribution in [3.8, 4) is 5.69 Å². The fourth-order valence-corrected chi connectivity index (χ4v) is 3.63. The summed E-state index contributed by atoms with van der Waals surface area (Å²) in [7, 11) is 0. The molecule has 0 N–H and O–H groups in total. The summed E-state index contributed by atoms with van der Waals surface area (Å²) in [5.41, 5.74) is 3.50. The van der Waals surface area contributed by atoms with E-state index in [-0.39, 0.29) is 5.91 Å². The second kappa shape index (κ2) is 7.34. The minimum absolute atomic E-state index is 0.0401.